The van der Waals surface area contributed by atoms with E-state index >= 15 is 0 Å². The van der Waals surface area contributed by atoms with Crippen molar-refractivity contribution in [2.75, 3.05) is 13.2 Å². The van der Waals surface area contributed by atoms with Gasteiger partial charge in [0, 0.05) is 19.0 Å². The van der Waals surface area contributed by atoms with Crippen LogP contribution in [0.5, 0.6) is 0 Å². The van der Waals surface area contributed by atoms with Gasteiger partial charge < -0.3 is 30.8 Å². The van der Waals surface area contributed by atoms with Crippen LogP contribution in [0.25, 0.3) is 0 Å². The highest BCUT2D eigenvalue weighted by Gasteiger charge is 2.22. The van der Waals surface area contributed by atoms with Crippen LogP contribution in [0, 0.1) is 11.8 Å². The number of nitrogens with one attached hydrogen (secondary N) is 1. The molecule has 0 fully saturated rings. The van der Waals surface area contributed by atoms with Crippen molar-refractivity contribution in [3.8, 4) is 0 Å². The Balaban J connectivity index is 3.38. The number of aliphatic carboxylic acids is 1. The molecule has 0 heterocycles. The first-order valence-electron chi connectivity index (χ1n) is 17.1. The third-order valence-electron chi connectivity index (χ3n) is 8.33. The predicted octanol–water partition coefficient (Wildman–Crippen LogP) is 6.58. The number of carboxylic acids is 1. The van der Waals surface area contributed by atoms with E-state index in [4.69, 9.17) is 0 Å². The van der Waals surface area contributed by atoms with Crippen molar-refractivity contribution in [1.29, 1.82) is 0 Å². The maximum Gasteiger partial charge on any atom is 0.303 e. The quantitative estimate of drug-likeness (QED) is 0.0511. The Labute approximate surface area is 267 Å². The van der Waals surface area contributed by atoms with Crippen LogP contribution in [0.4, 0.5) is 0 Å². The lowest BCUT2D eigenvalue weighted by molar-refractivity contribution is -0.137. The van der Waals surface area contributed by atoms with Gasteiger partial charge in [0.25, 0.3) is 0 Å². The first-order valence-corrected chi connectivity index (χ1v) is 17.1. The van der Waals surface area contributed by atoms with Crippen LogP contribution < -0.4 is 5.32 Å². The number of allylic oxidation sites excluding steroid dienone is 2. The third-order valence-corrected chi connectivity index (χ3v) is 8.33. The van der Waals surface area contributed by atoms with E-state index in [-0.39, 0.29) is 25.5 Å². The highest BCUT2D eigenvalue weighted by atomic mass is 16.4. The summed E-state index contributed by atoms with van der Waals surface area (Å²) in [5.41, 5.74) is 3.22. The normalized spacial score (nSPS) is 16.1. The average Bonchev–Trinajstić information content (AvgIpc) is 2.99. The van der Waals surface area contributed by atoms with Gasteiger partial charge in [0.2, 0.25) is 0 Å². The molecule has 0 spiro atoms. The first-order chi connectivity index (χ1) is 21.0. The molecule has 7 heteroatoms. The highest BCUT2D eigenvalue weighted by Crippen LogP contribution is 2.28. The summed E-state index contributed by atoms with van der Waals surface area (Å²) >= 11 is 0. The molecule has 0 radical (unpaired) electrons. The molecule has 0 amide bonds. The molecule has 44 heavy (non-hydrogen) atoms. The summed E-state index contributed by atoms with van der Waals surface area (Å²) in [6.07, 6.45) is 12.9. The lowest BCUT2D eigenvalue weighted by Crippen LogP contribution is -2.38. The van der Waals surface area contributed by atoms with Crippen molar-refractivity contribution >= 4 is 5.97 Å². The molecule has 0 unspecified atom stereocenters. The second-order valence-corrected chi connectivity index (χ2v) is 13.0. The summed E-state index contributed by atoms with van der Waals surface area (Å²) < 4.78 is 0. The number of aryl methyl sites for hydroxylation is 1. The summed E-state index contributed by atoms with van der Waals surface area (Å²) in [4.78, 5) is 11.3. The zero-order valence-electron chi connectivity index (χ0n) is 28.0. The highest BCUT2D eigenvalue weighted by molar-refractivity contribution is 5.66. The molecule has 0 aliphatic rings. The Bertz CT molecular complexity index is 929. The lowest BCUT2D eigenvalue weighted by atomic mass is 9.85. The monoisotopic (exact) mass is 617 g/mol. The van der Waals surface area contributed by atoms with Crippen molar-refractivity contribution < 1.29 is 30.3 Å². The zero-order valence-corrected chi connectivity index (χ0v) is 28.0. The number of carbonyl (C=O) groups is 1. The zero-order chi connectivity index (χ0) is 32.7. The van der Waals surface area contributed by atoms with Crippen LogP contribution in [0.1, 0.15) is 117 Å². The van der Waals surface area contributed by atoms with Gasteiger partial charge in [-0.15, -0.1) is 0 Å². The molecule has 5 atom stereocenters. The maximum atomic E-state index is 11.3. The van der Waals surface area contributed by atoms with E-state index in [2.05, 4.69) is 38.2 Å². The first kappa shape index (κ1) is 40.0. The van der Waals surface area contributed by atoms with Gasteiger partial charge in [0.1, 0.15) is 0 Å². The smallest absolute Gasteiger partial charge is 0.303 e. The minimum atomic E-state index is -0.926. The minimum Gasteiger partial charge on any atom is -0.481 e. The van der Waals surface area contributed by atoms with E-state index in [1.165, 1.54) is 5.56 Å². The second kappa shape index (κ2) is 24.2. The Morgan fingerprint density at radius 1 is 0.886 bits per heavy atom. The van der Waals surface area contributed by atoms with Crippen molar-refractivity contribution in [2.24, 2.45) is 11.8 Å². The van der Waals surface area contributed by atoms with Gasteiger partial charge in [-0.25, -0.2) is 0 Å². The molecule has 0 saturated carbocycles. The molecule has 1 aromatic rings. The van der Waals surface area contributed by atoms with E-state index in [1.807, 2.05) is 30.4 Å². The molecule has 0 bridgehead atoms. The minimum absolute atomic E-state index is 0.149. The number of benzene rings is 1. The molecule has 6 N–H and O–H groups in total. The molecule has 7 nitrogen and oxygen atoms in total. The van der Waals surface area contributed by atoms with Gasteiger partial charge in [-0.1, -0.05) is 108 Å². The SMILES string of the molecule is CCCCC[C@H](O)C=CC(CCc1ccccc1)=C(C[C@H](O)CO)[C@H](CCC[C@@H](CCC(=O)O)CCC(C)C)NC[C@H](C)O. The number of aliphatic hydroxyl groups is 4. The molecule has 0 aliphatic carbocycles. The van der Waals surface area contributed by atoms with Gasteiger partial charge >= 0.3 is 5.97 Å². The standard InChI is InChI=1S/C37H63NO6/c1-5-6-8-15-33(41)23-22-32(21-19-30-12-9-7-10-13-30)35(25-34(42)27-39)36(38-26-29(4)40)16-11-14-31(18-17-28(2)3)20-24-37(43)44/h7,9-10,12-13,22-23,28-29,31,33-34,36,38-42H,5-6,8,11,14-21,24-27H2,1-4H3,(H,43,44)/t29-,31+,33-,34-,36-/m0/s1. The van der Waals surface area contributed by atoms with Crippen molar-refractivity contribution in [2.45, 2.75) is 142 Å². The molecule has 0 saturated heterocycles. The number of rotatable bonds is 26. The van der Waals surface area contributed by atoms with Gasteiger partial charge in [0.15, 0.2) is 0 Å². The van der Waals surface area contributed by atoms with Gasteiger partial charge in [-0.05, 0) is 74.0 Å². The predicted molar refractivity (Wildman–Crippen MR) is 181 cm³/mol. The van der Waals surface area contributed by atoms with Crippen molar-refractivity contribution in [3.05, 3.63) is 59.2 Å². The summed E-state index contributed by atoms with van der Waals surface area (Å²) in [5.74, 6) is 0.136. The number of unbranched alkanes of at least 4 members (excludes halogenated alkanes) is 2. The Hall–Kier alpha value is -2.03. The molecular formula is C37H63NO6. The van der Waals surface area contributed by atoms with Gasteiger partial charge in [-0.3, -0.25) is 4.79 Å². The Kier molecular flexibility index (Phi) is 22.0. The van der Waals surface area contributed by atoms with Crippen molar-refractivity contribution in [1.82, 2.24) is 5.32 Å². The summed E-state index contributed by atoms with van der Waals surface area (Å²) in [6.45, 7) is 8.30. The summed E-state index contributed by atoms with van der Waals surface area (Å²) in [7, 11) is 0. The van der Waals surface area contributed by atoms with Gasteiger partial charge in [0.05, 0.1) is 24.9 Å². The van der Waals surface area contributed by atoms with Crippen LogP contribution >= 0.6 is 0 Å². The van der Waals surface area contributed by atoms with E-state index in [0.717, 1.165) is 68.9 Å². The van der Waals surface area contributed by atoms with Crippen LogP contribution in [-0.4, -0.2) is 69.0 Å². The van der Waals surface area contributed by atoms with Crippen LogP contribution in [-0.2, 0) is 11.2 Å². The van der Waals surface area contributed by atoms with E-state index < -0.39 is 24.3 Å². The summed E-state index contributed by atoms with van der Waals surface area (Å²) in [5, 5.41) is 54.2. The maximum absolute atomic E-state index is 11.3. The fraction of sp³-hybridized carbons (Fsp3) is 0.703. The van der Waals surface area contributed by atoms with Crippen LogP contribution in [0.15, 0.2) is 53.6 Å². The van der Waals surface area contributed by atoms with E-state index in [1.54, 1.807) is 6.92 Å². The topological polar surface area (TPSA) is 130 Å². The number of aliphatic hydroxyl groups excluding tert-OH is 4. The average molecular weight is 618 g/mol. The van der Waals surface area contributed by atoms with E-state index in [9.17, 15) is 30.3 Å². The van der Waals surface area contributed by atoms with Crippen LogP contribution in [0.3, 0.4) is 0 Å². The van der Waals surface area contributed by atoms with Gasteiger partial charge in [-0.2, -0.15) is 0 Å². The van der Waals surface area contributed by atoms with Crippen LogP contribution in [0.2, 0.25) is 0 Å². The summed E-state index contributed by atoms with van der Waals surface area (Å²) in [6, 6.07) is 10.1. The fourth-order valence-corrected chi connectivity index (χ4v) is 5.67. The molecular weight excluding hydrogens is 554 g/mol. The molecule has 1 aromatic carbocycles. The van der Waals surface area contributed by atoms with E-state index in [0.29, 0.717) is 37.6 Å². The number of carboxylic acid groups (broad SMARTS) is 1. The Morgan fingerprint density at radius 3 is 2.23 bits per heavy atom. The Morgan fingerprint density at radius 2 is 1.61 bits per heavy atom. The fourth-order valence-electron chi connectivity index (χ4n) is 5.67. The second-order valence-electron chi connectivity index (χ2n) is 13.0. The molecule has 0 aromatic heterocycles. The molecule has 252 valence electrons. The third kappa shape index (κ3) is 19.4. The lowest BCUT2D eigenvalue weighted by Gasteiger charge is -2.28. The number of hydrogen-bond donors (Lipinski definition) is 6. The molecule has 0 aliphatic heterocycles. The molecule has 1 rings (SSSR count). The van der Waals surface area contributed by atoms with Crippen molar-refractivity contribution in [3.63, 3.8) is 0 Å². The largest absolute Gasteiger partial charge is 0.481 e. The number of hydrogen-bond acceptors (Lipinski definition) is 6.